The van der Waals surface area contributed by atoms with E-state index in [1.54, 1.807) is 12.1 Å². The van der Waals surface area contributed by atoms with E-state index in [2.05, 4.69) is 15.2 Å². The third-order valence-electron chi connectivity index (χ3n) is 5.21. The molecule has 1 aliphatic heterocycles. The van der Waals surface area contributed by atoms with Crippen LogP contribution in [-0.4, -0.2) is 49.5 Å². The maximum absolute atomic E-state index is 11.1. The average Bonchev–Trinajstić information content (AvgIpc) is 2.98. The van der Waals surface area contributed by atoms with Crippen molar-refractivity contribution in [3.63, 3.8) is 0 Å². The van der Waals surface area contributed by atoms with E-state index in [0.717, 1.165) is 35.1 Å². The molecule has 0 spiro atoms. The van der Waals surface area contributed by atoms with Gasteiger partial charge in [0.15, 0.2) is 5.65 Å². The number of nitrogens with one attached hydrogen (secondary N) is 1. The van der Waals surface area contributed by atoms with Crippen LogP contribution in [0.5, 0.6) is 5.75 Å². The van der Waals surface area contributed by atoms with E-state index in [9.17, 15) is 9.90 Å². The van der Waals surface area contributed by atoms with Gasteiger partial charge in [-0.1, -0.05) is 12.1 Å². The SMILES string of the molecule is Cc1c(C2CCN(C(=O)O)CC2)[nH]c2nnc(-c3ccccc3O)cc12. The van der Waals surface area contributed by atoms with E-state index < -0.39 is 6.09 Å². The number of nitrogens with zero attached hydrogens (tertiary/aromatic N) is 3. The maximum atomic E-state index is 11.1. The summed E-state index contributed by atoms with van der Waals surface area (Å²) in [4.78, 5) is 15.9. The Morgan fingerprint density at radius 2 is 1.96 bits per heavy atom. The zero-order valence-corrected chi connectivity index (χ0v) is 14.4. The molecule has 0 atom stereocenters. The van der Waals surface area contributed by atoms with Crippen molar-refractivity contribution in [2.24, 2.45) is 0 Å². The second-order valence-electron chi connectivity index (χ2n) is 6.72. The Bertz CT molecular complexity index is 974. The molecule has 0 radical (unpaired) electrons. The van der Waals surface area contributed by atoms with Crippen LogP contribution < -0.4 is 0 Å². The number of hydrogen-bond donors (Lipinski definition) is 3. The largest absolute Gasteiger partial charge is 0.507 e. The van der Waals surface area contributed by atoms with Crippen LogP contribution in [-0.2, 0) is 0 Å². The molecular formula is C19H20N4O3. The molecule has 1 aromatic carbocycles. The first-order valence-electron chi connectivity index (χ1n) is 8.66. The number of phenols is 1. The molecule has 3 N–H and O–H groups in total. The smallest absolute Gasteiger partial charge is 0.407 e. The summed E-state index contributed by atoms with van der Waals surface area (Å²) >= 11 is 0. The van der Waals surface area contributed by atoms with Gasteiger partial charge in [-0.05, 0) is 43.5 Å². The van der Waals surface area contributed by atoms with E-state index in [4.69, 9.17) is 5.11 Å². The lowest BCUT2D eigenvalue weighted by atomic mass is 9.91. The number of aromatic amines is 1. The van der Waals surface area contributed by atoms with Crippen LogP contribution in [0.1, 0.15) is 30.0 Å². The average molecular weight is 352 g/mol. The lowest BCUT2D eigenvalue weighted by Crippen LogP contribution is -2.36. The highest BCUT2D eigenvalue weighted by Crippen LogP contribution is 2.35. The quantitative estimate of drug-likeness (QED) is 0.655. The zero-order chi connectivity index (χ0) is 18.3. The van der Waals surface area contributed by atoms with Crippen LogP contribution in [0.15, 0.2) is 30.3 Å². The van der Waals surface area contributed by atoms with Gasteiger partial charge in [-0.15, -0.1) is 10.2 Å². The predicted molar refractivity (Wildman–Crippen MR) is 97.3 cm³/mol. The molecule has 7 nitrogen and oxygen atoms in total. The maximum Gasteiger partial charge on any atom is 0.407 e. The Balaban J connectivity index is 1.68. The highest BCUT2D eigenvalue weighted by Gasteiger charge is 2.26. The highest BCUT2D eigenvalue weighted by atomic mass is 16.4. The first kappa shape index (κ1) is 16.4. The zero-order valence-electron chi connectivity index (χ0n) is 14.4. The number of para-hydroxylation sites is 1. The number of H-pyrrole nitrogens is 1. The molecule has 3 heterocycles. The first-order chi connectivity index (χ1) is 12.5. The molecule has 0 bridgehead atoms. The van der Waals surface area contributed by atoms with Gasteiger partial charge in [-0.2, -0.15) is 0 Å². The molecule has 0 saturated carbocycles. The number of aryl methyl sites for hydroxylation is 1. The topological polar surface area (TPSA) is 102 Å². The molecular weight excluding hydrogens is 332 g/mol. The predicted octanol–water partition coefficient (Wildman–Crippen LogP) is 3.50. The Morgan fingerprint density at radius 3 is 2.65 bits per heavy atom. The van der Waals surface area contributed by atoms with E-state index >= 15 is 0 Å². The minimum Gasteiger partial charge on any atom is -0.507 e. The number of benzene rings is 1. The fourth-order valence-electron chi connectivity index (χ4n) is 3.73. The number of rotatable bonds is 2. The van der Waals surface area contributed by atoms with Crippen molar-refractivity contribution in [2.45, 2.75) is 25.7 Å². The molecule has 1 aliphatic rings. The molecule has 134 valence electrons. The van der Waals surface area contributed by atoms with E-state index in [0.29, 0.717) is 24.3 Å². The molecule has 26 heavy (non-hydrogen) atoms. The molecule has 1 amide bonds. The van der Waals surface area contributed by atoms with Crippen LogP contribution in [0.25, 0.3) is 22.3 Å². The molecule has 1 saturated heterocycles. The number of likely N-dealkylation sites (tertiary alicyclic amines) is 1. The highest BCUT2D eigenvalue weighted by molar-refractivity contribution is 5.85. The standard InChI is InChI=1S/C19H20N4O3/c1-11-14-10-15(13-4-2-3-5-16(13)24)21-22-18(14)20-17(11)12-6-8-23(9-7-12)19(25)26/h2-5,10,12,24H,6-9H2,1H3,(H,20,22)(H,25,26). The number of aromatic hydroxyl groups is 1. The lowest BCUT2D eigenvalue weighted by Gasteiger charge is -2.29. The number of carboxylic acid groups (broad SMARTS) is 1. The van der Waals surface area contributed by atoms with E-state index in [1.165, 1.54) is 4.90 Å². The third-order valence-corrected chi connectivity index (χ3v) is 5.21. The van der Waals surface area contributed by atoms with Crippen molar-refractivity contribution in [1.82, 2.24) is 20.1 Å². The Labute approximate surface area is 150 Å². The number of piperidine rings is 1. The van der Waals surface area contributed by atoms with Crippen LogP contribution in [0.4, 0.5) is 4.79 Å². The molecule has 2 aromatic heterocycles. The Hall–Kier alpha value is -3.09. The Morgan fingerprint density at radius 1 is 1.23 bits per heavy atom. The van der Waals surface area contributed by atoms with Gasteiger partial charge < -0.3 is 20.1 Å². The monoisotopic (exact) mass is 352 g/mol. The summed E-state index contributed by atoms with van der Waals surface area (Å²) in [7, 11) is 0. The van der Waals surface area contributed by atoms with Crippen molar-refractivity contribution in [3.05, 3.63) is 41.6 Å². The second-order valence-corrected chi connectivity index (χ2v) is 6.72. The van der Waals surface area contributed by atoms with Gasteiger partial charge in [0.25, 0.3) is 0 Å². The van der Waals surface area contributed by atoms with Crippen molar-refractivity contribution in [3.8, 4) is 17.0 Å². The summed E-state index contributed by atoms with van der Waals surface area (Å²) in [5, 5.41) is 28.7. The summed E-state index contributed by atoms with van der Waals surface area (Å²) in [5.41, 5.74) is 4.22. The molecule has 3 aromatic rings. The number of aromatic nitrogens is 3. The summed E-state index contributed by atoms with van der Waals surface area (Å²) in [6.45, 7) is 3.14. The van der Waals surface area contributed by atoms with Crippen molar-refractivity contribution in [2.75, 3.05) is 13.1 Å². The summed E-state index contributed by atoms with van der Waals surface area (Å²) in [6, 6.07) is 9.02. The van der Waals surface area contributed by atoms with Crippen LogP contribution in [0, 0.1) is 6.92 Å². The van der Waals surface area contributed by atoms with Crippen molar-refractivity contribution in [1.29, 1.82) is 0 Å². The molecule has 7 heteroatoms. The third kappa shape index (κ3) is 2.75. The van der Waals surface area contributed by atoms with Gasteiger partial charge in [0.2, 0.25) is 0 Å². The molecule has 4 rings (SSSR count). The van der Waals surface area contributed by atoms with Gasteiger partial charge >= 0.3 is 6.09 Å². The van der Waals surface area contributed by atoms with Gasteiger partial charge in [0.1, 0.15) is 5.75 Å². The van der Waals surface area contributed by atoms with Crippen molar-refractivity contribution >= 4 is 17.1 Å². The molecule has 1 fully saturated rings. The van der Waals surface area contributed by atoms with Crippen LogP contribution in [0.3, 0.4) is 0 Å². The number of carbonyl (C=O) groups is 1. The number of phenolic OH excluding ortho intramolecular Hbond substituents is 1. The van der Waals surface area contributed by atoms with E-state index in [1.807, 2.05) is 25.1 Å². The van der Waals surface area contributed by atoms with Crippen LogP contribution >= 0.6 is 0 Å². The molecule has 0 aliphatic carbocycles. The minimum absolute atomic E-state index is 0.176. The molecule has 0 unspecified atom stereocenters. The second kappa shape index (κ2) is 6.33. The van der Waals surface area contributed by atoms with E-state index in [-0.39, 0.29) is 11.7 Å². The summed E-state index contributed by atoms with van der Waals surface area (Å²) < 4.78 is 0. The normalized spacial score (nSPS) is 15.5. The lowest BCUT2D eigenvalue weighted by molar-refractivity contribution is 0.131. The fourth-order valence-corrected chi connectivity index (χ4v) is 3.73. The van der Waals surface area contributed by atoms with Gasteiger partial charge in [-0.3, -0.25) is 0 Å². The van der Waals surface area contributed by atoms with Crippen molar-refractivity contribution < 1.29 is 15.0 Å². The minimum atomic E-state index is -0.852. The van der Waals surface area contributed by atoms with Gasteiger partial charge in [0.05, 0.1) is 5.69 Å². The summed E-state index contributed by atoms with van der Waals surface area (Å²) in [6.07, 6.45) is 0.731. The Kier molecular flexibility index (Phi) is 3.99. The number of amides is 1. The number of fused-ring (bicyclic) bond motifs is 1. The van der Waals surface area contributed by atoms with Gasteiger partial charge in [0, 0.05) is 35.7 Å². The first-order valence-corrected chi connectivity index (χ1v) is 8.66. The number of hydrogen-bond acceptors (Lipinski definition) is 4. The summed E-state index contributed by atoms with van der Waals surface area (Å²) in [5.74, 6) is 0.462. The van der Waals surface area contributed by atoms with Crippen LogP contribution in [0.2, 0.25) is 0 Å². The fraction of sp³-hybridized carbons (Fsp3) is 0.316. The van der Waals surface area contributed by atoms with Gasteiger partial charge in [-0.25, -0.2) is 4.79 Å².